The molecule has 10 heteroatoms. The Hall–Kier alpha value is -1.72. The molecule has 1 N–H and O–H groups in total. The summed E-state index contributed by atoms with van der Waals surface area (Å²) in [4.78, 5) is 15.4. The number of nitrogens with zero attached hydrogens (tertiary/aromatic N) is 3. The number of amides is 1. The smallest absolute Gasteiger partial charge is 0.279 e. The van der Waals surface area contributed by atoms with Crippen molar-refractivity contribution in [2.24, 2.45) is 0 Å². The Morgan fingerprint density at radius 3 is 2.41 bits per heavy atom. The molecule has 0 saturated carbocycles. The monoisotopic (exact) mass is 425 g/mol. The SMILES string of the molecule is COc1ccc(S(=O)(=O)N2CCOCC2)cc1NC(=O)C[N+]12CCN(CC1)CC2. The molecule has 4 aliphatic heterocycles. The molecule has 1 amide bonds. The number of carbonyl (C=O) groups is 1. The Morgan fingerprint density at radius 1 is 1.14 bits per heavy atom. The van der Waals surface area contributed by atoms with E-state index in [0.29, 0.717) is 44.3 Å². The number of hydrogen-bond acceptors (Lipinski definition) is 6. The molecule has 0 aromatic heterocycles. The molecule has 9 nitrogen and oxygen atoms in total. The van der Waals surface area contributed by atoms with Crippen molar-refractivity contribution in [2.75, 3.05) is 84.5 Å². The van der Waals surface area contributed by atoms with Crippen molar-refractivity contribution in [1.29, 1.82) is 0 Å². The van der Waals surface area contributed by atoms with Gasteiger partial charge >= 0.3 is 0 Å². The van der Waals surface area contributed by atoms with Crippen molar-refractivity contribution in [3.8, 4) is 5.75 Å². The van der Waals surface area contributed by atoms with E-state index in [4.69, 9.17) is 9.47 Å². The first-order valence-electron chi connectivity index (χ1n) is 10.1. The first-order chi connectivity index (χ1) is 13.9. The van der Waals surface area contributed by atoms with E-state index in [-0.39, 0.29) is 10.8 Å². The molecule has 0 spiro atoms. The minimum Gasteiger partial charge on any atom is -0.495 e. The minimum atomic E-state index is -3.65. The van der Waals surface area contributed by atoms with Gasteiger partial charge in [-0.2, -0.15) is 4.31 Å². The summed E-state index contributed by atoms with van der Waals surface area (Å²) in [5, 5.41) is 2.90. The summed E-state index contributed by atoms with van der Waals surface area (Å²) in [6, 6.07) is 4.61. The molecule has 1 aromatic rings. The second-order valence-electron chi connectivity index (χ2n) is 7.94. The summed E-state index contributed by atoms with van der Waals surface area (Å²) in [7, 11) is -2.14. The molecule has 5 rings (SSSR count). The number of piperazine rings is 3. The number of anilines is 1. The topological polar surface area (TPSA) is 88.2 Å². The zero-order valence-corrected chi connectivity index (χ0v) is 17.6. The molecule has 0 aliphatic carbocycles. The molecule has 0 unspecified atom stereocenters. The summed E-state index contributed by atoms with van der Waals surface area (Å²) >= 11 is 0. The van der Waals surface area contributed by atoms with E-state index in [2.05, 4.69) is 10.2 Å². The lowest BCUT2D eigenvalue weighted by Crippen LogP contribution is -2.68. The predicted octanol–water partition coefficient (Wildman–Crippen LogP) is -0.199. The van der Waals surface area contributed by atoms with Gasteiger partial charge in [0.25, 0.3) is 5.91 Å². The van der Waals surface area contributed by atoms with Gasteiger partial charge in [0.15, 0.2) is 6.54 Å². The Kier molecular flexibility index (Phi) is 5.80. The molecule has 0 atom stereocenters. The van der Waals surface area contributed by atoms with Crippen LogP contribution in [0.2, 0.25) is 0 Å². The number of ether oxygens (including phenoxy) is 2. The van der Waals surface area contributed by atoms with E-state index >= 15 is 0 Å². The quantitative estimate of drug-likeness (QED) is 0.635. The first-order valence-corrected chi connectivity index (χ1v) is 11.5. The summed E-state index contributed by atoms with van der Waals surface area (Å²) in [5.41, 5.74) is 0.390. The summed E-state index contributed by atoms with van der Waals surface area (Å²) in [5.74, 6) is 0.335. The lowest BCUT2D eigenvalue weighted by Gasteiger charge is -2.50. The molecule has 2 bridgehead atoms. The summed E-state index contributed by atoms with van der Waals surface area (Å²) in [6.45, 7) is 7.87. The number of carbonyl (C=O) groups excluding carboxylic acids is 1. The van der Waals surface area contributed by atoms with Gasteiger partial charge in [-0.25, -0.2) is 8.42 Å². The number of sulfonamides is 1. The number of benzene rings is 1. The standard InChI is InChI=1S/C19H28N4O5S/c1-27-18-3-2-16(29(25,26)22-7-12-28-13-8-22)14-17(18)20-19(24)15-23-9-4-21(5-10-23)6-11-23/h2-3,14H,4-13,15H2,1H3/p+1. The molecule has 4 aliphatic rings. The van der Waals surface area contributed by atoms with Crippen LogP contribution in [0.5, 0.6) is 5.75 Å². The van der Waals surface area contributed by atoms with E-state index in [1.165, 1.54) is 23.5 Å². The fraction of sp³-hybridized carbons (Fsp3) is 0.632. The molecule has 29 heavy (non-hydrogen) atoms. The third-order valence-electron chi connectivity index (χ3n) is 6.20. The van der Waals surface area contributed by atoms with Gasteiger partial charge < -0.3 is 19.3 Å². The maximum Gasteiger partial charge on any atom is 0.279 e. The highest BCUT2D eigenvalue weighted by Crippen LogP contribution is 2.29. The lowest BCUT2D eigenvalue weighted by molar-refractivity contribution is -0.933. The van der Waals surface area contributed by atoms with Gasteiger partial charge in [0.05, 0.1) is 50.5 Å². The maximum atomic E-state index is 13.0. The van der Waals surface area contributed by atoms with Crippen LogP contribution in [0.4, 0.5) is 5.69 Å². The average molecular weight is 426 g/mol. The van der Waals surface area contributed by atoms with Crippen LogP contribution in [0, 0.1) is 0 Å². The Morgan fingerprint density at radius 2 is 1.79 bits per heavy atom. The number of nitrogens with one attached hydrogen (secondary N) is 1. The highest BCUT2D eigenvalue weighted by atomic mass is 32.2. The number of quaternary nitrogens is 1. The zero-order chi connectivity index (χ0) is 20.5. The van der Waals surface area contributed by atoms with Gasteiger partial charge in [-0.1, -0.05) is 0 Å². The Bertz CT molecular complexity index is 848. The van der Waals surface area contributed by atoms with E-state index in [1.807, 2.05) is 0 Å². The largest absolute Gasteiger partial charge is 0.495 e. The molecule has 4 fully saturated rings. The Labute approximate surface area is 171 Å². The van der Waals surface area contributed by atoms with Gasteiger partial charge in [0, 0.05) is 32.7 Å². The van der Waals surface area contributed by atoms with E-state index in [9.17, 15) is 13.2 Å². The predicted molar refractivity (Wildman–Crippen MR) is 107 cm³/mol. The van der Waals surface area contributed by atoms with Crippen molar-refractivity contribution >= 4 is 21.6 Å². The molecule has 4 heterocycles. The normalized spacial score (nSPS) is 27.6. The summed E-state index contributed by atoms with van der Waals surface area (Å²) < 4.78 is 38.7. The van der Waals surface area contributed by atoms with E-state index < -0.39 is 10.0 Å². The molecule has 160 valence electrons. The van der Waals surface area contributed by atoms with Crippen molar-refractivity contribution in [1.82, 2.24) is 9.21 Å². The van der Waals surface area contributed by atoms with Crippen LogP contribution in [0.1, 0.15) is 0 Å². The second kappa shape index (κ2) is 8.19. The second-order valence-corrected chi connectivity index (χ2v) is 9.88. The number of morpholine rings is 1. The van der Waals surface area contributed by atoms with Gasteiger partial charge in [-0.05, 0) is 18.2 Å². The van der Waals surface area contributed by atoms with Crippen LogP contribution in [0.15, 0.2) is 23.1 Å². The third-order valence-corrected chi connectivity index (χ3v) is 8.10. The number of fused-ring (bicyclic) bond motifs is 3. The number of hydrogen-bond donors (Lipinski definition) is 1. The number of rotatable bonds is 6. The fourth-order valence-electron chi connectivity index (χ4n) is 4.34. The molecule has 4 saturated heterocycles. The number of methoxy groups -OCH3 is 1. The molecular weight excluding hydrogens is 396 g/mol. The van der Waals surface area contributed by atoms with Crippen molar-refractivity contribution < 1.29 is 27.2 Å². The van der Waals surface area contributed by atoms with Crippen LogP contribution in [0.25, 0.3) is 0 Å². The first kappa shape index (κ1) is 20.5. The van der Waals surface area contributed by atoms with Crippen LogP contribution in [-0.4, -0.2) is 107 Å². The molecular formula is C19H29N4O5S+. The average Bonchev–Trinajstić information content (AvgIpc) is 2.75. The van der Waals surface area contributed by atoms with Crippen molar-refractivity contribution in [2.45, 2.75) is 4.90 Å². The third kappa shape index (κ3) is 4.26. The van der Waals surface area contributed by atoms with Crippen LogP contribution < -0.4 is 10.1 Å². The Balaban J connectivity index is 1.51. The maximum absolute atomic E-state index is 13.0. The summed E-state index contributed by atoms with van der Waals surface area (Å²) in [6.07, 6.45) is 0. The van der Waals surface area contributed by atoms with Gasteiger partial charge in [0.1, 0.15) is 5.75 Å². The van der Waals surface area contributed by atoms with Crippen LogP contribution >= 0.6 is 0 Å². The minimum absolute atomic E-state index is 0.112. The van der Waals surface area contributed by atoms with Gasteiger partial charge in [0.2, 0.25) is 10.0 Å². The highest BCUT2D eigenvalue weighted by Gasteiger charge is 2.40. The van der Waals surface area contributed by atoms with Crippen LogP contribution in [0.3, 0.4) is 0 Å². The van der Waals surface area contributed by atoms with Crippen molar-refractivity contribution in [3.05, 3.63) is 18.2 Å². The van der Waals surface area contributed by atoms with Crippen LogP contribution in [-0.2, 0) is 19.6 Å². The van der Waals surface area contributed by atoms with E-state index in [1.54, 1.807) is 6.07 Å². The highest BCUT2D eigenvalue weighted by molar-refractivity contribution is 7.89. The molecule has 1 aromatic carbocycles. The van der Waals surface area contributed by atoms with E-state index in [0.717, 1.165) is 43.8 Å². The zero-order valence-electron chi connectivity index (χ0n) is 16.8. The van der Waals surface area contributed by atoms with Gasteiger partial charge in [-0.15, -0.1) is 0 Å². The fourth-order valence-corrected chi connectivity index (χ4v) is 5.78. The molecule has 0 radical (unpaired) electrons. The van der Waals surface area contributed by atoms with Crippen molar-refractivity contribution in [3.63, 3.8) is 0 Å². The van der Waals surface area contributed by atoms with Gasteiger partial charge in [-0.3, -0.25) is 9.69 Å². The lowest BCUT2D eigenvalue weighted by atomic mass is 10.1.